The van der Waals surface area contributed by atoms with E-state index in [1.165, 1.54) is 19.3 Å². The first-order valence-corrected chi connectivity index (χ1v) is 9.82. The molecule has 24 heavy (non-hydrogen) atoms. The van der Waals surface area contributed by atoms with E-state index in [4.69, 9.17) is 9.47 Å². The number of amides is 1. The topological polar surface area (TPSA) is 54.0 Å². The second kappa shape index (κ2) is 5.66. The summed E-state index contributed by atoms with van der Waals surface area (Å²) in [6.07, 6.45) is 6.87. The van der Waals surface area contributed by atoms with Gasteiger partial charge in [-0.05, 0) is 38.5 Å². The minimum absolute atomic E-state index is 0.0668. The summed E-state index contributed by atoms with van der Waals surface area (Å²) in [6, 6.07) is 0. The molecule has 5 heterocycles. The van der Waals surface area contributed by atoms with Crippen molar-refractivity contribution in [2.45, 2.75) is 55.9 Å². The van der Waals surface area contributed by atoms with Crippen LogP contribution in [0.5, 0.6) is 0 Å². The van der Waals surface area contributed by atoms with E-state index in [9.17, 15) is 4.79 Å². The van der Waals surface area contributed by atoms with E-state index in [1.807, 2.05) is 0 Å². The highest BCUT2D eigenvalue weighted by molar-refractivity contribution is 5.82. The van der Waals surface area contributed by atoms with Crippen molar-refractivity contribution in [3.05, 3.63) is 0 Å². The number of ether oxygens (including phenoxy) is 2. The SMILES string of the molecule is O=C1NCCC1C1(N2CCCC2)OCCC1(C1CCO1)N1CCC1. The molecule has 4 atom stereocenters. The van der Waals surface area contributed by atoms with E-state index in [2.05, 4.69) is 15.1 Å². The lowest BCUT2D eigenvalue weighted by Crippen LogP contribution is -2.79. The van der Waals surface area contributed by atoms with Crippen molar-refractivity contribution in [3.63, 3.8) is 0 Å². The van der Waals surface area contributed by atoms with Crippen LogP contribution < -0.4 is 5.32 Å². The Kier molecular flexibility index (Phi) is 3.67. The first-order chi connectivity index (χ1) is 11.8. The van der Waals surface area contributed by atoms with Gasteiger partial charge in [-0.25, -0.2) is 0 Å². The predicted octanol–water partition coefficient (Wildman–Crippen LogP) is 0.568. The van der Waals surface area contributed by atoms with E-state index < -0.39 is 5.72 Å². The van der Waals surface area contributed by atoms with Gasteiger partial charge in [-0.3, -0.25) is 14.6 Å². The minimum Gasteiger partial charge on any atom is -0.376 e. The summed E-state index contributed by atoms with van der Waals surface area (Å²) in [5.74, 6) is 0.121. The van der Waals surface area contributed by atoms with Crippen molar-refractivity contribution in [2.75, 3.05) is 45.9 Å². The summed E-state index contributed by atoms with van der Waals surface area (Å²) in [5, 5.41) is 3.08. The van der Waals surface area contributed by atoms with Gasteiger partial charge < -0.3 is 14.8 Å². The van der Waals surface area contributed by atoms with Crippen LogP contribution in [0.25, 0.3) is 0 Å². The van der Waals surface area contributed by atoms with Gasteiger partial charge in [-0.2, -0.15) is 0 Å². The van der Waals surface area contributed by atoms with Crippen LogP contribution in [0.2, 0.25) is 0 Å². The third-order valence-corrected chi connectivity index (χ3v) is 7.17. The van der Waals surface area contributed by atoms with E-state index in [0.29, 0.717) is 0 Å². The Morgan fingerprint density at radius 1 is 1.00 bits per heavy atom. The Labute approximate surface area is 143 Å². The first-order valence-electron chi connectivity index (χ1n) is 9.82. The lowest BCUT2D eigenvalue weighted by atomic mass is 9.68. The van der Waals surface area contributed by atoms with Gasteiger partial charge in [0.25, 0.3) is 0 Å². The average Bonchev–Trinajstić information content (AvgIpc) is 3.15. The molecule has 1 amide bonds. The number of hydrogen-bond donors (Lipinski definition) is 1. The summed E-state index contributed by atoms with van der Waals surface area (Å²) in [7, 11) is 0. The molecule has 0 radical (unpaired) electrons. The van der Waals surface area contributed by atoms with Gasteiger partial charge in [0, 0.05) is 39.3 Å². The van der Waals surface area contributed by atoms with Crippen molar-refractivity contribution in [3.8, 4) is 0 Å². The third-order valence-electron chi connectivity index (χ3n) is 7.17. The van der Waals surface area contributed by atoms with Crippen molar-refractivity contribution in [1.82, 2.24) is 15.1 Å². The lowest BCUT2D eigenvalue weighted by Gasteiger charge is -2.62. The Morgan fingerprint density at radius 3 is 2.29 bits per heavy atom. The molecule has 0 saturated carbocycles. The second-order valence-electron chi connectivity index (χ2n) is 8.03. The molecule has 0 aliphatic carbocycles. The Bertz CT molecular complexity index is 500. The van der Waals surface area contributed by atoms with Gasteiger partial charge >= 0.3 is 0 Å². The number of likely N-dealkylation sites (tertiary alicyclic amines) is 2. The second-order valence-corrected chi connectivity index (χ2v) is 8.03. The van der Waals surface area contributed by atoms with Crippen LogP contribution in [0.1, 0.15) is 38.5 Å². The molecule has 1 N–H and O–H groups in total. The zero-order chi connectivity index (χ0) is 16.2. The maximum Gasteiger partial charge on any atom is 0.227 e. The fourth-order valence-corrected chi connectivity index (χ4v) is 5.98. The molecule has 0 bridgehead atoms. The molecule has 6 heteroatoms. The fourth-order valence-electron chi connectivity index (χ4n) is 5.98. The summed E-state index contributed by atoms with van der Waals surface area (Å²) in [5.41, 5.74) is -0.629. The van der Waals surface area contributed by atoms with Crippen LogP contribution in [-0.2, 0) is 14.3 Å². The molecule has 5 saturated heterocycles. The molecule has 5 fully saturated rings. The highest BCUT2D eigenvalue weighted by atomic mass is 16.5. The summed E-state index contributed by atoms with van der Waals surface area (Å²) >= 11 is 0. The fraction of sp³-hybridized carbons (Fsp3) is 0.944. The van der Waals surface area contributed by atoms with Gasteiger partial charge in [0.2, 0.25) is 5.91 Å². The van der Waals surface area contributed by atoms with Gasteiger partial charge in [0.15, 0.2) is 5.72 Å². The normalized spacial score (nSPS) is 46.8. The molecule has 0 spiro atoms. The highest BCUT2D eigenvalue weighted by Crippen LogP contribution is 2.55. The number of nitrogens with one attached hydrogen (secondary N) is 1. The van der Waals surface area contributed by atoms with Crippen LogP contribution in [0.4, 0.5) is 0 Å². The van der Waals surface area contributed by atoms with Gasteiger partial charge in [-0.15, -0.1) is 0 Å². The zero-order valence-corrected chi connectivity index (χ0v) is 14.5. The van der Waals surface area contributed by atoms with E-state index >= 15 is 0 Å². The average molecular weight is 335 g/mol. The largest absolute Gasteiger partial charge is 0.376 e. The van der Waals surface area contributed by atoms with E-state index in [1.54, 1.807) is 0 Å². The molecule has 6 nitrogen and oxygen atoms in total. The molecule has 134 valence electrons. The monoisotopic (exact) mass is 335 g/mol. The molecule has 5 aliphatic rings. The standard InChI is InChI=1S/C18H29N3O3/c22-16-14(4-7-19-16)18(21-8-1-2-9-21)17(6-13-24-18,15-5-12-23-15)20-10-3-11-20/h14-15H,1-13H2,(H,19,22). The van der Waals surface area contributed by atoms with Gasteiger partial charge in [0.05, 0.1) is 24.2 Å². The Hall–Kier alpha value is -0.690. The molecular formula is C18H29N3O3. The van der Waals surface area contributed by atoms with Crippen molar-refractivity contribution < 1.29 is 14.3 Å². The number of nitrogens with zero attached hydrogens (tertiary/aromatic N) is 2. The van der Waals surface area contributed by atoms with Crippen molar-refractivity contribution in [2.24, 2.45) is 5.92 Å². The number of carbonyl (C=O) groups is 1. The number of hydrogen-bond acceptors (Lipinski definition) is 5. The van der Waals surface area contributed by atoms with Crippen LogP contribution in [0.3, 0.4) is 0 Å². The predicted molar refractivity (Wildman–Crippen MR) is 88.5 cm³/mol. The van der Waals surface area contributed by atoms with Crippen LogP contribution in [0.15, 0.2) is 0 Å². The Balaban J connectivity index is 1.63. The number of carbonyl (C=O) groups excluding carboxylic acids is 1. The molecule has 0 aromatic rings. The van der Waals surface area contributed by atoms with Crippen LogP contribution >= 0.6 is 0 Å². The molecule has 5 rings (SSSR count). The van der Waals surface area contributed by atoms with Gasteiger partial charge in [0.1, 0.15) is 0 Å². The first kappa shape index (κ1) is 15.6. The van der Waals surface area contributed by atoms with E-state index in [-0.39, 0.29) is 23.5 Å². The third kappa shape index (κ3) is 1.83. The van der Waals surface area contributed by atoms with Gasteiger partial charge in [-0.1, -0.05) is 0 Å². The summed E-state index contributed by atoms with van der Waals surface area (Å²) in [6.45, 7) is 6.71. The van der Waals surface area contributed by atoms with E-state index in [0.717, 1.165) is 65.2 Å². The van der Waals surface area contributed by atoms with Crippen molar-refractivity contribution >= 4 is 5.91 Å². The lowest BCUT2D eigenvalue weighted by molar-refractivity contribution is -0.269. The maximum atomic E-state index is 12.8. The van der Waals surface area contributed by atoms with Crippen LogP contribution in [-0.4, -0.2) is 79.0 Å². The Morgan fingerprint density at radius 2 is 1.75 bits per heavy atom. The van der Waals surface area contributed by atoms with Crippen LogP contribution in [0, 0.1) is 5.92 Å². The number of rotatable bonds is 4. The molecule has 4 unspecified atom stereocenters. The maximum absolute atomic E-state index is 12.8. The summed E-state index contributed by atoms with van der Waals surface area (Å²) < 4.78 is 12.8. The molecule has 5 aliphatic heterocycles. The summed E-state index contributed by atoms with van der Waals surface area (Å²) in [4.78, 5) is 17.9. The van der Waals surface area contributed by atoms with Crippen molar-refractivity contribution in [1.29, 1.82) is 0 Å². The molecule has 0 aromatic heterocycles. The zero-order valence-electron chi connectivity index (χ0n) is 14.5. The minimum atomic E-state index is -0.490. The highest BCUT2D eigenvalue weighted by Gasteiger charge is 2.72. The molecular weight excluding hydrogens is 306 g/mol. The smallest absolute Gasteiger partial charge is 0.227 e. The quantitative estimate of drug-likeness (QED) is 0.814. The molecule has 0 aromatic carbocycles.